The number of pyridine rings is 1. The predicted octanol–water partition coefficient (Wildman–Crippen LogP) is 4.85. The highest BCUT2D eigenvalue weighted by molar-refractivity contribution is 5.97. The number of hydrogen-bond donors (Lipinski definition) is 1. The van der Waals surface area contributed by atoms with E-state index in [1.165, 1.54) is 16.7 Å². The maximum Gasteiger partial charge on any atom is 0.271 e. The molecule has 4 nitrogen and oxygen atoms in total. The van der Waals surface area contributed by atoms with Gasteiger partial charge in [0.1, 0.15) is 5.82 Å². The van der Waals surface area contributed by atoms with E-state index in [2.05, 4.69) is 11.2 Å². The number of para-hydroxylation sites is 1. The molecule has 1 aromatic heterocycles. The quantitative estimate of drug-likeness (QED) is 0.591. The minimum absolute atomic E-state index is 0.163. The standard InChI is InChI=1S/C27H25FN2O2/c1-4-23-17(2)24(18(3)30(27(23)32)22-14-6-5-7-15-22)26(31)29-25(19-10-8-11-19)20-12-9-13-21(28)16-20/h1,5-7,9,12-16,19,25H,8,10-11H2,2-3H3,(H,29,31). The molecule has 0 aliphatic heterocycles. The summed E-state index contributed by atoms with van der Waals surface area (Å²) in [6.07, 6.45) is 8.70. The van der Waals surface area contributed by atoms with Crippen LogP contribution in [-0.2, 0) is 0 Å². The van der Waals surface area contributed by atoms with Crippen molar-refractivity contribution in [1.82, 2.24) is 9.88 Å². The van der Waals surface area contributed by atoms with Gasteiger partial charge in [-0.15, -0.1) is 6.42 Å². The summed E-state index contributed by atoms with van der Waals surface area (Å²) in [5, 5.41) is 3.12. The lowest BCUT2D eigenvalue weighted by atomic mass is 9.77. The van der Waals surface area contributed by atoms with Gasteiger partial charge in [-0.3, -0.25) is 14.2 Å². The van der Waals surface area contributed by atoms with E-state index in [-0.39, 0.29) is 34.8 Å². The van der Waals surface area contributed by atoms with Crippen LogP contribution in [0.1, 0.15) is 58.0 Å². The van der Waals surface area contributed by atoms with E-state index in [9.17, 15) is 14.0 Å². The number of rotatable bonds is 5. The molecule has 1 amide bonds. The lowest BCUT2D eigenvalue weighted by Gasteiger charge is -2.35. The third-order valence-corrected chi connectivity index (χ3v) is 6.37. The number of benzene rings is 2. The van der Waals surface area contributed by atoms with Crippen LogP contribution in [0.5, 0.6) is 0 Å². The van der Waals surface area contributed by atoms with Gasteiger partial charge in [0.15, 0.2) is 0 Å². The van der Waals surface area contributed by atoms with E-state index >= 15 is 0 Å². The Bertz CT molecular complexity index is 1270. The first-order valence-corrected chi connectivity index (χ1v) is 10.8. The molecule has 0 radical (unpaired) electrons. The molecule has 1 aliphatic rings. The molecule has 3 aromatic rings. The van der Waals surface area contributed by atoms with Crippen LogP contribution in [0.3, 0.4) is 0 Å². The Labute approximate surface area is 187 Å². The van der Waals surface area contributed by atoms with Gasteiger partial charge in [0.25, 0.3) is 11.5 Å². The summed E-state index contributed by atoms with van der Waals surface area (Å²) in [6, 6.07) is 15.2. The van der Waals surface area contributed by atoms with E-state index in [1.54, 1.807) is 32.0 Å². The van der Waals surface area contributed by atoms with E-state index < -0.39 is 0 Å². The van der Waals surface area contributed by atoms with Crippen molar-refractivity contribution in [1.29, 1.82) is 0 Å². The SMILES string of the molecule is C#Cc1c(C)c(C(=O)NC(c2cccc(F)c2)C2CCC2)c(C)n(-c2ccccc2)c1=O. The summed E-state index contributed by atoms with van der Waals surface area (Å²) < 4.78 is 15.4. The zero-order valence-electron chi connectivity index (χ0n) is 18.2. The molecule has 2 aromatic carbocycles. The molecule has 32 heavy (non-hydrogen) atoms. The normalized spacial score (nSPS) is 14.3. The summed E-state index contributed by atoms with van der Waals surface area (Å²) in [4.78, 5) is 26.7. The summed E-state index contributed by atoms with van der Waals surface area (Å²) in [7, 11) is 0. The van der Waals surface area contributed by atoms with Gasteiger partial charge in [-0.1, -0.05) is 42.7 Å². The maximum absolute atomic E-state index is 13.9. The van der Waals surface area contributed by atoms with E-state index in [0.29, 0.717) is 22.5 Å². The highest BCUT2D eigenvalue weighted by Gasteiger charge is 2.31. The Hall–Kier alpha value is -3.65. The Morgan fingerprint density at radius 1 is 1.16 bits per heavy atom. The molecule has 4 rings (SSSR count). The number of nitrogens with one attached hydrogen (secondary N) is 1. The molecule has 5 heteroatoms. The number of nitrogens with zero attached hydrogens (tertiary/aromatic N) is 1. The number of aromatic nitrogens is 1. The molecule has 0 saturated heterocycles. The van der Waals surface area contributed by atoms with Crippen LogP contribution < -0.4 is 10.9 Å². The van der Waals surface area contributed by atoms with Crippen LogP contribution in [0, 0.1) is 37.9 Å². The summed E-state index contributed by atoms with van der Waals surface area (Å²) in [5.74, 6) is 2.06. The third-order valence-electron chi connectivity index (χ3n) is 6.37. The molecular weight excluding hydrogens is 403 g/mol. The molecule has 1 saturated carbocycles. The topological polar surface area (TPSA) is 51.1 Å². The lowest BCUT2D eigenvalue weighted by Crippen LogP contribution is -2.38. The van der Waals surface area contributed by atoms with Gasteiger partial charge >= 0.3 is 0 Å². The third kappa shape index (κ3) is 3.85. The van der Waals surface area contributed by atoms with Crippen molar-refractivity contribution in [2.45, 2.75) is 39.2 Å². The van der Waals surface area contributed by atoms with Gasteiger partial charge in [-0.25, -0.2) is 4.39 Å². The Morgan fingerprint density at radius 2 is 1.88 bits per heavy atom. The van der Waals surface area contributed by atoms with Crippen molar-refractivity contribution < 1.29 is 9.18 Å². The molecule has 1 fully saturated rings. The average molecular weight is 429 g/mol. The Kier molecular flexibility index (Phi) is 5.96. The molecule has 1 aliphatic carbocycles. The van der Waals surface area contributed by atoms with Gasteiger partial charge in [0.2, 0.25) is 0 Å². The maximum atomic E-state index is 13.9. The molecule has 162 valence electrons. The highest BCUT2D eigenvalue weighted by atomic mass is 19.1. The number of amides is 1. The first kappa shape index (κ1) is 21.6. The van der Waals surface area contributed by atoms with Crippen molar-refractivity contribution >= 4 is 5.91 Å². The van der Waals surface area contributed by atoms with Crippen molar-refractivity contribution in [3.8, 4) is 18.0 Å². The fraction of sp³-hybridized carbons (Fsp3) is 0.259. The van der Waals surface area contributed by atoms with Crippen LogP contribution in [0.15, 0.2) is 59.4 Å². The summed E-state index contributed by atoms with van der Waals surface area (Å²) >= 11 is 0. The van der Waals surface area contributed by atoms with Crippen molar-refractivity contribution in [3.63, 3.8) is 0 Å². The van der Waals surface area contributed by atoms with E-state index in [4.69, 9.17) is 6.42 Å². The predicted molar refractivity (Wildman–Crippen MR) is 123 cm³/mol. The van der Waals surface area contributed by atoms with Gasteiger partial charge < -0.3 is 5.32 Å². The second-order valence-corrected chi connectivity index (χ2v) is 8.28. The molecule has 1 unspecified atom stereocenters. The molecule has 0 bridgehead atoms. The summed E-state index contributed by atoms with van der Waals surface area (Å²) in [5.41, 5.74) is 2.59. The fourth-order valence-corrected chi connectivity index (χ4v) is 4.49. The van der Waals surface area contributed by atoms with Crippen molar-refractivity contribution in [2.75, 3.05) is 0 Å². The van der Waals surface area contributed by atoms with Crippen molar-refractivity contribution in [2.24, 2.45) is 5.92 Å². The van der Waals surface area contributed by atoms with Crippen LogP contribution in [-0.4, -0.2) is 10.5 Å². The van der Waals surface area contributed by atoms with Gasteiger partial charge in [-0.2, -0.15) is 0 Å². The Morgan fingerprint density at radius 3 is 2.47 bits per heavy atom. The Balaban J connectivity index is 1.81. The zero-order valence-corrected chi connectivity index (χ0v) is 18.2. The average Bonchev–Trinajstić information content (AvgIpc) is 2.73. The number of carbonyl (C=O) groups is 1. The molecule has 1 N–H and O–H groups in total. The highest BCUT2D eigenvalue weighted by Crippen LogP contribution is 2.38. The number of terminal acetylenes is 1. The minimum atomic E-state index is -0.333. The summed E-state index contributed by atoms with van der Waals surface area (Å²) in [6.45, 7) is 3.45. The molecule has 1 atom stereocenters. The van der Waals surface area contributed by atoms with Crippen LogP contribution in [0.4, 0.5) is 4.39 Å². The second-order valence-electron chi connectivity index (χ2n) is 8.28. The largest absolute Gasteiger partial charge is 0.345 e. The van der Waals surface area contributed by atoms with Gasteiger partial charge in [-0.05, 0) is 68.0 Å². The van der Waals surface area contributed by atoms with Gasteiger partial charge in [0, 0.05) is 11.4 Å². The zero-order chi connectivity index (χ0) is 22.8. The van der Waals surface area contributed by atoms with Crippen molar-refractivity contribution in [3.05, 3.63) is 98.7 Å². The fourth-order valence-electron chi connectivity index (χ4n) is 4.49. The number of carbonyl (C=O) groups excluding carboxylic acids is 1. The minimum Gasteiger partial charge on any atom is -0.345 e. The lowest BCUT2D eigenvalue weighted by molar-refractivity contribution is 0.0898. The van der Waals surface area contributed by atoms with E-state index in [1.807, 2.05) is 24.3 Å². The van der Waals surface area contributed by atoms with Crippen LogP contribution >= 0.6 is 0 Å². The first-order chi connectivity index (χ1) is 15.4. The first-order valence-electron chi connectivity index (χ1n) is 10.8. The van der Waals surface area contributed by atoms with Crippen LogP contribution in [0.25, 0.3) is 5.69 Å². The molecule has 1 heterocycles. The number of hydrogen-bond acceptors (Lipinski definition) is 2. The smallest absolute Gasteiger partial charge is 0.271 e. The molecule has 0 spiro atoms. The van der Waals surface area contributed by atoms with Gasteiger partial charge in [0.05, 0.1) is 17.2 Å². The second kappa shape index (κ2) is 8.84. The molecular formula is C27H25FN2O2. The number of halogens is 1. The van der Waals surface area contributed by atoms with Crippen LogP contribution in [0.2, 0.25) is 0 Å². The monoisotopic (exact) mass is 428 g/mol. The van der Waals surface area contributed by atoms with E-state index in [0.717, 1.165) is 24.8 Å².